The van der Waals surface area contributed by atoms with Crippen molar-refractivity contribution in [3.8, 4) is 11.3 Å². The third kappa shape index (κ3) is 5.55. The van der Waals surface area contributed by atoms with Gasteiger partial charge in [-0.2, -0.15) is 4.73 Å². The number of hydrogen-bond acceptors (Lipinski definition) is 4. The van der Waals surface area contributed by atoms with E-state index in [2.05, 4.69) is 60.2 Å². The first-order chi connectivity index (χ1) is 20.5. The fraction of sp³-hybridized carbons (Fsp3) is 0.472. The van der Waals surface area contributed by atoms with E-state index >= 15 is 0 Å². The SMILES string of the molecule is Cc1cc(C)cc(-c2[nH]c3cnc(C(C)(C)C(=O)N4C5CCC4CC5)cc3c2[C@H](C)CNCCc2cc[n+]([O-])c(C)c2)c1. The second-order valence-corrected chi connectivity index (χ2v) is 13.6. The molecule has 226 valence electrons. The number of aromatic nitrogens is 3. The number of H-pyrrole nitrogens is 1. The van der Waals surface area contributed by atoms with Crippen molar-refractivity contribution in [3.05, 3.63) is 87.6 Å². The number of rotatable bonds is 9. The van der Waals surface area contributed by atoms with Gasteiger partial charge in [0.2, 0.25) is 5.91 Å². The topological polar surface area (TPSA) is 88.0 Å². The Balaban J connectivity index is 1.32. The van der Waals surface area contributed by atoms with Crippen molar-refractivity contribution in [2.75, 3.05) is 13.1 Å². The predicted molar refractivity (Wildman–Crippen MR) is 172 cm³/mol. The first-order valence-electron chi connectivity index (χ1n) is 15.9. The largest absolute Gasteiger partial charge is 0.619 e. The molecule has 3 aromatic heterocycles. The molecule has 2 aliphatic heterocycles. The normalized spacial score (nSPS) is 19.0. The van der Waals surface area contributed by atoms with Crippen molar-refractivity contribution < 1.29 is 9.52 Å². The molecule has 0 unspecified atom stereocenters. The third-order valence-corrected chi connectivity index (χ3v) is 9.80. The Kier molecular flexibility index (Phi) is 7.80. The maximum Gasteiger partial charge on any atom is 0.234 e. The monoisotopic (exact) mass is 579 g/mol. The molecule has 7 heteroatoms. The molecular formula is C36H45N5O2. The van der Waals surface area contributed by atoms with Gasteiger partial charge < -0.3 is 20.4 Å². The lowest BCUT2D eigenvalue weighted by Gasteiger charge is -2.32. The fourth-order valence-corrected chi connectivity index (χ4v) is 7.46. The van der Waals surface area contributed by atoms with Crippen molar-refractivity contribution in [3.63, 3.8) is 0 Å². The van der Waals surface area contributed by atoms with Crippen molar-refractivity contribution in [2.24, 2.45) is 0 Å². The third-order valence-electron chi connectivity index (χ3n) is 9.80. The van der Waals surface area contributed by atoms with Gasteiger partial charge in [0.15, 0.2) is 11.9 Å². The number of amides is 1. The van der Waals surface area contributed by atoms with Crippen LogP contribution in [0.4, 0.5) is 0 Å². The molecule has 0 spiro atoms. The van der Waals surface area contributed by atoms with E-state index in [-0.39, 0.29) is 11.8 Å². The van der Waals surface area contributed by atoms with Gasteiger partial charge in [-0.25, -0.2) is 0 Å². The molecule has 1 amide bonds. The molecule has 1 atom stereocenters. The summed E-state index contributed by atoms with van der Waals surface area (Å²) in [6.07, 6.45) is 8.89. The van der Waals surface area contributed by atoms with Crippen LogP contribution in [0.25, 0.3) is 22.2 Å². The molecule has 2 saturated heterocycles. The van der Waals surface area contributed by atoms with Crippen LogP contribution in [0.5, 0.6) is 0 Å². The number of carbonyl (C=O) groups is 1. The highest BCUT2D eigenvalue weighted by Crippen LogP contribution is 2.42. The molecular weight excluding hydrogens is 534 g/mol. The molecule has 0 saturated carbocycles. The highest BCUT2D eigenvalue weighted by molar-refractivity contribution is 5.94. The zero-order chi connectivity index (χ0) is 30.5. The molecule has 1 aromatic carbocycles. The quantitative estimate of drug-likeness (QED) is 0.141. The minimum atomic E-state index is -0.703. The summed E-state index contributed by atoms with van der Waals surface area (Å²) in [5, 5.41) is 16.5. The van der Waals surface area contributed by atoms with Crippen LogP contribution >= 0.6 is 0 Å². The van der Waals surface area contributed by atoms with Gasteiger partial charge in [0, 0.05) is 43.1 Å². The number of nitrogens with one attached hydrogen (secondary N) is 2. The Labute approximate surface area is 255 Å². The summed E-state index contributed by atoms with van der Waals surface area (Å²) in [5.74, 6) is 0.415. The number of benzene rings is 1. The molecule has 0 radical (unpaired) electrons. The average Bonchev–Trinajstić information content (AvgIpc) is 3.68. The van der Waals surface area contributed by atoms with Crippen LogP contribution in [0.3, 0.4) is 0 Å². The molecule has 2 bridgehead atoms. The number of pyridine rings is 2. The molecule has 2 N–H and O–H groups in total. The molecule has 5 heterocycles. The highest BCUT2D eigenvalue weighted by Gasteiger charge is 2.47. The van der Waals surface area contributed by atoms with Gasteiger partial charge in [0.1, 0.15) is 0 Å². The van der Waals surface area contributed by atoms with E-state index in [9.17, 15) is 10.0 Å². The van der Waals surface area contributed by atoms with Crippen LogP contribution in [0.2, 0.25) is 0 Å². The standard InChI is InChI=1S/C36H45N5O2/c1-22-15-23(2)17-27(16-22)34-33(24(3)20-37-13-11-26-12-14-40(43)25(4)18-26)30-19-32(38-21-31(30)39-34)36(5,6)35(42)41-28-7-8-29(41)10-9-28/h12,14-19,21,24,28-29,37,39H,7-11,13,20H2,1-6H3/t24-,28?,29?/m1/s1. The van der Waals surface area contributed by atoms with Gasteiger partial charge in [0.25, 0.3) is 0 Å². The second kappa shape index (κ2) is 11.4. The van der Waals surface area contributed by atoms with Crippen LogP contribution in [0.15, 0.2) is 48.8 Å². The number of carbonyl (C=O) groups excluding carboxylic acids is 1. The summed E-state index contributed by atoms with van der Waals surface area (Å²) in [5.41, 5.74) is 9.00. The molecule has 2 aliphatic rings. The summed E-state index contributed by atoms with van der Waals surface area (Å²) in [7, 11) is 0. The highest BCUT2D eigenvalue weighted by atomic mass is 16.5. The smallest absolute Gasteiger partial charge is 0.234 e. The summed E-state index contributed by atoms with van der Waals surface area (Å²) < 4.78 is 0.901. The van der Waals surface area contributed by atoms with E-state index in [0.29, 0.717) is 17.8 Å². The van der Waals surface area contributed by atoms with Crippen LogP contribution in [0.1, 0.15) is 86.0 Å². The lowest BCUT2D eigenvalue weighted by atomic mass is 9.85. The summed E-state index contributed by atoms with van der Waals surface area (Å²) in [6, 6.07) is 13.5. The van der Waals surface area contributed by atoms with E-state index < -0.39 is 5.41 Å². The van der Waals surface area contributed by atoms with Gasteiger partial charge in [-0.1, -0.05) is 24.1 Å². The first kappa shape index (κ1) is 29.4. The van der Waals surface area contributed by atoms with Crippen molar-refractivity contribution in [1.82, 2.24) is 20.2 Å². The van der Waals surface area contributed by atoms with Gasteiger partial charge in [-0.3, -0.25) is 9.78 Å². The molecule has 6 rings (SSSR count). The maximum atomic E-state index is 14.0. The van der Waals surface area contributed by atoms with Crippen LogP contribution < -0.4 is 10.0 Å². The Bertz CT molecular complexity index is 1630. The van der Waals surface area contributed by atoms with Crippen LogP contribution in [-0.2, 0) is 16.6 Å². The van der Waals surface area contributed by atoms with E-state index in [1.165, 1.54) is 22.3 Å². The summed E-state index contributed by atoms with van der Waals surface area (Å²) in [4.78, 5) is 24.7. The van der Waals surface area contributed by atoms with Crippen LogP contribution in [-0.4, -0.2) is 45.9 Å². The predicted octanol–water partition coefficient (Wildman–Crippen LogP) is 6.16. The average molecular weight is 580 g/mol. The van der Waals surface area contributed by atoms with E-state index in [1.54, 1.807) is 6.20 Å². The van der Waals surface area contributed by atoms with Crippen molar-refractivity contribution in [2.45, 2.75) is 97.1 Å². The van der Waals surface area contributed by atoms with Gasteiger partial charge in [0.05, 0.1) is 28.5 Å². The minimum absolute atomic E-state index is 0.203. The van der Waals surface area contributed by atoms with Gasteiger partial charge >= 0.3 is 0 Å². The Morgan fingerprint density at radius 2 is 1.77 bits per heavy atom. The zero-order valence-corrected chi connectivity index (χ0v) is 26.5. The number of aromatic amines is 1. The van der Waals surface area contributed by atoms with Crippen molar-refractivity contribution >= 4 is 16.8 Å². The minimum Gasteiger partial charge on any atom is -0.619 e. The van der Waals surface area contributed by atoms with E-state index in [4.69, 9.17) is 4.98 Å². The van der Waals surface area contributed by atoms with Gasteiger partial charge in [-0.05, 0) is 107 Å². The Morgan fingerprint density at radius 1 is 1.09 bits per heavy atom. The molecule has 4 aromatic rings. The lowest BCUT2D eigenvalue weighted by molar-refractivity contribution is -0.612. The van der Waals surface area contributed by atoms with E-state index in [0.717, 1.165) is 77.8 Å². The summed E-state index contributed by atoms with van der Waals surface area (Å²) in [6.45, 7) is 14.1. The number of fused-ring (bicyclic) bond motifs is 3. The van der Waals surface area contributed by atoms with E-state index in [1.807, 2.05) is 39.1 Å². The Morgan fingerprint density at radius 3 is 2.42 bits per heavy atom. The van der Waals surface area contributed by atoms with Crippen LogP contribution in [0, 0.1) is 26.0 Å². The molecule has 2 fully saturated rings. The number of aryl methyl sites for hydroxylation is 3. The number of nitrogens with zero attached hydrogens (tertiary/aromatic N) is 3. The molecule has 7 nitrogen and oxygen atoms in total. The fourth-order valence-electron chi connectivity index (χ4n) is 7.46. The first-order valence-corrected chi connectivity index (χ1v) is 15.9. The van der Waals surface area contributed by atoms with Crippen molar-refractivity contribution in [1.29, 1.82) is 0 Å². The lowest BCUT2D eigenvalue weighted by Crippen LogP contribution is -2.46. The molecule has 0 aliphatic carbocycles. The zero-order valence-electron chi connectivity index (χ0n) is 26.5. The Hall–Kier alpha value is -3.71. The second-order valence-electron chi connectivity index (χ2n) is 13.6. The van der Waals surface area contributed by atoms with Gasteiger partial charge in [-0.15, -0.1) is 0 Å². The molecule has 43 heavy (non-hydrogen) atoms. The maximum absolute atomic E-state index is 14.0. The number of hydrogen-bond donors (Lipinski definition) is 2. The summed E-state index contributed by atoms with van der Waals surface area (Å²) >= 11 is 0.